The molecule has 0 aliphatic carbocycles. The molecule has 2 rings (SSSR count). The fourth-order valence-electron chi connectivity index (χ4n) is 2.25. The maximum atomic E-state index is 13.4. The Labute approximate surface area is 120 Å². The highest BCUT2D eigenvalue weighted by Crippen LogP contribution is 2.30. The molecule has 1 fully saturated rings. The monoisotopic (exact) mass is 291 g/mol. The van der Waals surface area contributed by atoms with Gasteiger partial charge < -0.3 is 15.3 Å². The normalized spacial score (nSPS) is 20.9. The van der Waals surface area contributed by atoms with E-state index >= 15 is 0 Å². The number of nitrogens with one attached hydrogen (secondary N) is 1. The smallest absolute Gasteiger partial charge is 0.321 e. The van der Waals surface area contributed by atoms with Crippen molar-refractivity contribution >= 4 is 17.7 Å². The van der Waals surface area contributed by atoms with E-state index in [0.29, 0.717) is 13.0 Å². The van der Waals surface area contributed by atoms with Gasteiger partial charge in [0, 0.05) is 13.1 Å². The van der Waals surface area contributed by atoms with Crippen LogP contribution in [0.25, 0.3) is 0 Å². The zero-order chi connectivity index (χ0) is 15.6. The van der Waals surface area contributed by atoms with Crippen molar-refractivity contribution in [2.24, 2.45) is 5.41 Å². The lowest BCUT2D eigenvalue weighted by Crippen LogP contribution is -2.37. The summed E-state index contributed by atoms with van der Waals surface area (Å²) in [6.45, 7) is 1.95. The lowest BCUT2D eigenvalue weighted by molar-refractivity contribution is -0.146. The number of nitrogens with zero attached hydrogens (tertiary/aromatic N) is 2. The van der Waals surface area contributed by atoms with Gasteiger partial charge in [-0.2, -0.15) is 5.26 Å². The summed E-state index contributed by atoms with van der Waals surface area (Å²) in [6, 6.07) is 5.09. The average Bonchev–Trinajstić information content (AvgIpc) is 2.83. The van der Waals surface area contributed by atoms with Crippen molar-refractivity contribution in [2.45, 2.75) is 13.3 Å². The Kier molecular flexibility index (Phi) is 3.80. The van der Waals surface area contributed by atoms with Crippen molar-refractivity contribution in [3.8, 4) is 6.07 Å². The highest BCUT2D eigenvalue weighted by molar-refractivity contribution is 5.91. The molecule has 2 N–H and O–H groups in total. The van der Waals surface area contributed by atoms with Crippen molar-refractivity contribution in [3.05, 3.63) is 29.6 Å². The van der Waals surface area contributed by atoms with E-state index in [2.05, 4.69) is 5.32 Å². The molecule has 1 heterocycles. The van der Waals surface area contributed by atoms with Crippen LogP contribution >= 0.6 is 0 Å². The molecule has 1 aromatic rings. The number of halogens is 1. The number of likely N-dealkylation sites (tertiary alicyclic amines) is 1. The van der Waals surface area contributed by atoms with E-state index in [-0.39, 0.29) is 17.8 Å². The second-order valence-electron chi connectivity index (χ2n) is 5.24. The molecule has 2 amide bonds. The molecule has 1 aromatic carbocycles. The first-order valence-electron chi connectivity index (χ1n) is 6.35. The molecule has 0 radical (unpaired) electrons. The van der Waals surface area contributed by atoms with Crippen LogP contribution in [0.15, 0.2) is 18.2 Å². The molecular formula is C14H14FN3O3. The quantitative estimate of drug-likeness (QED) is 0.871. The zero-order valence-electron chi connectivity index (χ0n) is 11.4. The van der Waals surface area contributed by atoms with Gasteiger partial charge in [0.1, 0.15) is 17.4 Å². The van der Waals surface area contributed by atoms with Crippen molar-refractivity contribution in [3.63, 3.8) is 0 Å². The maximum absolute atomic E-state index is 13.4. The molecule has 6 nitrogen and oxygen atoms in total. The van der Waals surface area contributed by atoms with Gasteiger partial charge in [0.05, 0.1) is 11.1 Å². The van der Waals surface area contributed by atoms with E-state index in [4.69, 9.17) is 10.4 Å². The van der Waals surface area contributed by atoms with Crippen molar-refractivity contribution in [2.75, 3.05) is 18.4 Å². The highest BCUT2D eigenvalue weighted by Gasteiger charge is 2.42. The minimum atomic E-state index is -0.975. The Morgan fingerprint density at radius 1 is 1.52 bits per heavy atom. The van der Waals surface area contributed by atoms with Crippen LogP contribution in [-0.4, -0.2) is 35.1 Å². The second kappa shape index (κ2) is 5.40. The molecule has 0 spiro atoms. The molecule has 0 aromatic heterocycles. The predicted octanol–water partition coefficient (Wildman–Crippen LogP) is 2.03. The Morgan fingerprint density at radius 2 is 2.24 bits per heavy atom. The SMILES string of the molecule is CC1(C(=O)O)CCN(C(=O)Nc2cccc(F)c2C#N)C1. The zero-order valence-corrected chi connectivity index (χ0v) is 11.4. The van der Waals surface area contributed by atoms with E-state index in [1.54, 1.807) is 13.0 Å². The third kappa shape index (κ3) is 2.79. The lowest BCUT2D eigenvalue weighted by Gasteiger charge is -2.20. The Morgan fingerprint density at radius 3 is 2.81 bits per heavy atom. The second-order valence-corrected chi connectivity index (χ2v) is 5.24. The molecule has 0 saturated carbocycles. The third-order valence-corrected chi connectivity index (χ3v) is 3.64. The van der Waals surface area contributed by atoms with Gasteiger partial charge in [-0.1, -0.05) is 6.07 Å². The first-order valence-corrected chi connectivity index (χ1v) is 6.35. The first-order chi connectivity index (χ1) is 9.87. The molecule has 21 heavy (non-hydrogen) atoms. The number of rotatable bonds is 2. The summed E-state index contributed by atoms with van der Waals surface area (Å²) in [5.41, 5.74) is -1.14. The summed E-state index contributed by atoms with van der Waals surface area (Å²) in [6.07, 6.45) is 0.351. The summed E-state index contributed by atoms with van der Waals surface area (Å²) in [5.74, 6) is -1.67. The largest absolute Gasteiger partial charge is 0.481 e. The van der Waals surface area contributed by atoms with Gasteiger partial charge in [0.25, 0.3) is 0 Å². The van der Waals surface area contributed by atoms with Gasteiger partial charge in [0.2, 0.25) is 0 Å². The van der Waals surface area contributed by atoms with E-state index in [1.165, 1.54) is 17.0 Å². The van der Waals surface area contributed by atoms with E-state index < -0.39 is 23.2 Å². The van der Waals surface area contributed by atoms with Crippen molar-refractivity contribution in [1.29, 1.82) is 5.26 Å². The Hall–Kier alpha value is -2.62. The number of hydrogen-bond donors (Lipinski definition) is 2. The molecular weight excluding hydrogens is 277 g/mol. The fraction of sp³-hybridized carbons (Fsp3) is 0.357. The Bertz CT molecular complexity index is 641. The van der Waals surface area contributed by atoms with E-state index in [9.17, 15) is 14.0 Å². The summed E-state index contributed by atoms with van der Waals surface area (Å²) in [7, 11) is 0. The third-order valence-electron chi connectivity index (χ3n) is 3.64. The van der Waals surface area contributed by atoms with Crippen LogP contribution in [0.5, 0.6) is 0 Å². The first kappa shape index (κ1) is 14.8. The van der Waals surface area contributed by atoms with Crippen LogP contribution in [0.4, 0.5) is 14.9 Å². The number of anilines is 1. The summed E-state index contributed by atoms with van der Waals surface area (Å²) < 4.78 is 13.4. The molecule has 1 atom stereocenters. The summed E-state index contributed by atoms with van der Waals surface area (Å²) >= 11 is 0. The number of carboxylic acid groups (broad SMARTS) is 1. The van der Waals surface area contributed by atoms with Crippen LogP contribution in [-0.2, 0) is 4.79 Å². The van der Waals surface area contributed by atoms with Gasteiger partial charge in [-0.3, -0.25) is 4.79 Å². The Balaban J connectivity index is 2.12. The number of urea groups is 1. The molecule has 1 saturated heterocycles. The van der Waals surface area contributed by atoms with E-state index in [0.717, 1.165) is 6.07 Å². The number of carbonyl (C=O) groups is 2. The molecule has 1 aliphatic rings. The molecule has 110 valence electrons. The van der Waals surface area contributed by atoms with Gasteiger partial charge in [0.15, 0.2) is 0 Å². The standard InChI is InChI=1S/C14H14FN3O3/c1-14(12(19)20)5-6-18(8-14)13(21)17-11-4-2-3-10(15)9(11)7-16/h2-4H,5-6,8H2,1H3,(H,17,21)(H,19,20). The van der Waals surface area contributed by atoms with Crippen LogP contribution < -0.4 is 5.32 Å². The molecule has 0 bridgehead atoms. The van der Waals surface area contributed by atoms with Crippen LogP contribution in [0.1, 0.15) is 18.9 Å². The van der Waals surface area contributed by atoms with Crippen molar-refractivity contribution < 1.29 is 19.1 Å². The summed E-state index contributed by atoms with van der Waals surface area (Å²) in [4.78, 5) is 24.6. The topological polar surface area (TPSA) is 93.4 Å². The molecule has 7 heteroatoms. The van der Waals surface area contributed by atoms with Crippen LogP contribution in [0.2, 0.25) is 0 Å². The average molecular weight is 291 g/mol. The van der Waals surface area contributed by atoms with Crippen LogP contribution in [0, 0.1) is 22.6 Å². The minimum absolute atomic E-state index is 0.0748. The fourth-order valence-corrected chi connectivity index (χ4v) is 2.25. The number of carboxylic acids is 1. The minimum Gasteiger partial charge on any atom is -0.481 e. The number of aliphatic carboxylic acids is 1. The predicted molar refractivity (Wildman–Crippen MR) is 72.1 cm³/mol. The maximum Gasteiger partial charge on any atom is 0.321 e. The summed E-state index contributed by atoms with van der Waals surface area (Å²) in [5, 5.41) is 20.5. The van der Waals surface area contributed by atoms with Gasteiger partial charge >= 0.3 is 12.0 Å². The van der Waals surface area contributed by atoms with E-state index in [1.807, 2.05) is 0 Å². The lowest BCUT2D eigenvalue weighted by atomic mass is 9.90. The van der Waals surface area contributed by atoms with Crippen molar-refractivity contribution in [1.82, 2.24) is 4.90 Å². The van der Waals surface area contributed by atoms with Gasteiger partial charge in [-0.15, -0.1) is 0 Å². The highest BCUT2D eigenvalue weighted by atomic mass is 19.1. The van der Waals surface area contributed by atoms with Gasteiger partial charge in [-0.25, -0.2) is 9.18 Å². The number of hydrogen-bond acceptors (Lipinski definition) is 3. The van der Waals surface area contributed by atoms with Crippen LogP contribution in [0.3, 0.4) is 0 Å². The number of carbonyl (C=O) groups excluding carboxylic acids is 1. The number of amides is 2. The molecule has 1 aliphatic heterocycles. The van der Waals surface area contributed by atoms with Gasteiger partial charge in [-0.05, 0) is 25.5 Å². The number of nitriles is 1. The number of benzene rings is 1. The molecule has 1 unspecified atom stereocenters.